The Bertz CT molecular complexity index is 499. The zero-order valence-corrected chi connectivity index (χ0v) is 9.47. The van der Waals surface area contributed by atoms with Crippen molar-refractivity contribution in [3.8, 4) is 11.6 Å². The van der Waals surface area contributed by atoms with Crippen LogP contribution in [0, 0.1) is 0 Å². The van der Waals surface area contributed by atoms with E-state index in [0.717, 1.165) is 18.7 Å². The van der Waals surface area contributed by atoms with Crippen LogP contribution < -0.4 is 5.73 Å². The van der Waals surface area contributed by atoms with E-state index in [2.05, 4.69) is 15.1 Å². The summed E-state index contributed by atoms with van der Waals surface area (Å²) in [5.41, 5.74) is 6.89. The van der Waals surface area contributed by atoms with Gasteiger partial charge in [0, 0.05) is 5.92 Å². The van der Waals surface area contributed by atoms with Gasteiger partial charge < -0.3 is 10.3 Å². The summed E-state index contributed by atoms with van der Waals surface area (Å²) in [7, 11) is 0. The lowest BCUT2D eigenvalue weighted by Gasteiger charge is -1.99. The van der Waals surface area contributed by atoms with Crippen molar-refractivity contribution in [2.24, 2.45) is 0 Å². The van der Waals surface area contributed by atoms with E-state index >= 15 is 0 Å². The highest BCUT2D eigenvalue weighted by Gasteiger charge is 2.22. The predicted molar refractivity (Wildman–Crippen MR) is 63.2 cm³/mol. The van der Waals surface area contributed by atoms with E-state index in [4.69, 9.17) is 10.3 Å². The molecule has 2 aromatic rings. The Morgan fingerprint density at radius 3 is 2.76 bits per heavy atom. The van der Waals surface area contributed by atoms with E-state index in [9.17, 15) is 0 Å². The van der Waals surface area contributed by atoms with Crippen molar-refractivity contribution in [2.75, 3.05) is 5.73 Å². The second-order valence-corrected chi connectivity index (χ2v) is 4.42. The van der Waals surface area contributed by atoms with Crippen molar-refractivity contribution in [1.82, 2.24) is 15.1 Å². The number of nitrogen functional groups attached to an aromatic ring is 1. The zero-order valence-electron chi connectivity index (χ0n) is 9.47. The Kier molecular flexibility index (Phi) is 2.51. The predicted octanol–water partition coefficient (Wildman–Crippen LogP) is 2.37. The molecule has 1 fully saturated rings. The van der Waals surface area contributed by atoms with E-state index in [-0.39, 0.29) is 0 Å². The van der Waals surface area contributed by atoms with Crippen LogP contribution in [0.4, 0.5) is 5.69 Å². The number of nitrogens with two attached hydrogens (primary N) is 1. The van der Waals surface area contributed by atoms with Crippen LogP contribution in [0.3, 0.4) is 0 Å². The molecule has 0 saturated heterocycles. The molecule has 17 heavy (non-hydrogen) atoms. The normalized spacial score (nSPS) is 16.5. The van der Waals surface area contributed by atoms with E-state index < -0.39 is 0 Å². The first-order chi connectivity index (χ1) is 8.33. The summed E-state index contributed by atoms with van der Waals surface area (Å²) in [6.45, 7) is 0. The molecule has 0 bridgehead atoms. The molecule has 2 N–H and O–H groups in total. The van der Waals surface area contributed by atoms with Crippen LogP contribution in [0.15, 0.2) is 22.9 Å². The molecule has 1 saturated carbocycles. The van der Waals surface area contributed by atoms with Crippen molar-refractivity contribution < 1.29 is 4.52 Å². The molecule has 0 unspecified atom stereocenters. The molecule has 5 nitrogen and oxygen atoms in total. The van der Waals surface area contributed by atoms with Crippen LogP contribution in [0.25, 0.3) is 11.6 Å². The SMILES string of the molecule is Nc1ccc(-c2nc(C3CCCC3)no2)nc1. The fraction of sp³-hybridized carbons (Fsp3) is 0.417. The molecule has 2 heterocycles. The second kappa shape index (κ2) is 4.16. The van der Waals surface area contributed by atoms with Gasteiger partial charge >= 0.3 is 0 Å². The van der Waals surface area contributed by atoms with Crippen molar-refractivity contribution in [3.63, 3.8) is 0 Å². The van der Waals surface area contributed by atoms with Gasteiger partial charge in [-0.25, -0.2) is 4.98 Å². The van der Waals surface area contributed by atoms with E-state index in [1.807, 2.05) is 0 Å². The fourth-order valence-corrected chi connectivity index (χ4v) is 2.22. The summed E-state index contributed by atoms with van der Waals surface area (Å²) in [6.07, 6.45) is 6.43. The van der Waals surface area contributed by atoms with Crippen molar-refractivity contribution in [1.29, 1.82) is 0 Å². The monoisotopic (exact) mass is 230 g/mol. The largest absolute Gasteiger partial charge is 0.397 e. The number of anilines is 1. The molecule has 0 radical (unpaired) electrons. The fourth-order valence-electron chi connectivity index (χ4n) is 2.22. The second-order valence-electron chi connectivity index (χ2n) is 4.42. The molecule has 5 heteroatoms. The maximum absolute atomic E-state index is 5.58. The molecule has 0 aromatic carbocycles. The highest BCUT2D eigenvalue weighted by molar-refractivity contribution is 5.50. The minimum absolute atomic E-state index is 0.460. The molecule has 0 amide bonds. The molecular formula is C12H14N4O. The van der Waals surface area contributed by atoms with Crippen molar-refractivity contribution >= 4 is 5.69 Å². The number of hydrogen-bond donors (Lipinski definition) is 1. The van der Waals surface area contributed by atoms with Gasteiger partial charge in [0.15, 0.2) is 5.82 Å². The molecule has 0 spiro atoms. The number of aromatic nitrogens is 3. The average Bonchev–Trinajstić information content (AvgIpc) is 3.00. The lowest BCUT2D eigenvalue weighted by Crippen LogP contribution is -1.94. The Labute approximate surface area is 99.1 Å². The van der Waals surface area contributed by atoms with Gasteiger partial charge in [0.1, 0.15) is 5.69 Å². The van der Waals surface area contributed by atoms with Crippen molar-refractivity contribution in [3.05, 3.63) is 24.2 Å². The molecule has 1 aliphatic carbocycles. The first kappa shape index (κ1) is 10.3. The molecule has 3 rings (SSSR count). The van der Waals surface area contributed by atoms with Crippen LogP contribution in [0.1, 0.15) is 37.4 Å². The first-order valence-electron chi connectivity index (χ1n) is 5.88. The number of hydrogen-bond acceptors (Lipinski definition) is 5. The summed E-state index contributed by atoms with van der Waals surface area (Å²) in [4.78, 5) is 8.58. The summed E-state index contributed by atoms with van der Waals surface area (Å²) in [6, 6.07) is 3.57. The number of rotatable bonds is 2. The number of pyridine rings is 1. The van der Waals surface area contributed by atoms with E-state index in [1.165, 1.54) is 12.8 Å². The Hall–Kier alpha value is -1.91. The minimum atomic E-state index is 0.460. The molecule has 0 aliphatic heterocycles. The summed E-state index contributed by atoms with van der Waals surface area (Å²) < 4.78 is 5.24. The highest BCUT2D eigenvalue weighted by atomic mass is 16.5. The third kappa shape index (κ3) is 2.00. The molecule has 2 aromatic heterocycles. The Morgan fingerprint density at radius 1 is 1.24 bits per heavy atom. The van der Waals surface area contributed by atoms with Crippen LogP contribution in [-0.2, 0) is 0 Å². The molecule has 0 atom stereocenters. The van der Waals surface area contributed by atoms with Crippen LogP contribution in [0.5, 0.6) is 0 Å². The maximum Gasteiger partial charge on any atom is 0.276 e. The lowest BCUT2D eigenvalue weighted by molar-refractivity contribution is 0.414. The lowest BCUT2D eigenvalue weighted by atomic mass is 10.1. The molecule has 1 aliphatic rings. The third-order valence-corrected chi connectivity index (χ3v) is 3.17. The van der Waals surface area contributed by atoms with Crippen LogP contribution in [-0.4, -0.2) is 15.1 Å². The molecular weight excluding hydrogens is 216 g/mol. The van der Waals surface area contributed by atoms with Crippen LogP contribution >= 0.6 is 0 Å². The maximum atomic E-state index is 5.58. The first-order valence-corrected chi connectivity index (χ1v) is 5.88. The standard InChI is InChI=1S/C12H14N4O/c13-9-5-6-10(14-7-9)12-15-11(16-17-12)8-3-1-2-4-8/h5-8H,1-4,13H2. The topological polar surface area (TPSA) is 77.8 Å². The van der Waals surface area contributed by atoms with E-state index in [0.29, 0.717) is 23.2 Å². The summed E-state index contributed by atoms with van der Waals surface area (Å²) >= 11 is 0. The Balaban J connectivity index is 1.86. The van der Waals surface area contributed by atoms with Gasteiger partial charge in [-0.15, -0.1) is 0 Å². The van der Waals surface area contributed by atoms with E-state index in [1.54, 1.807) is 18.3 Å². The van der Waals surface area contributed by atoms with Gasteiger partial charge in [-0.05, 0) is 25.0 Å². The average molecular weight is 230 g/mol. The molecule has 88 valence electrons. The highest BCUT2D eigenvalue weighted by Crippen LogP contribution is 2.33. The van der Waals surface area contributed by atoms with Crippen molar-refractivity contribution in [2.45, 2.75) is 31.6 Å². The van der Waals surface area contributed by atoms with Crippen LogP contribution in [0.2, 0.25) is 0 Å². The van der Waals surface area contributed by atoms with Gasteiger partial charge in [-0.3, -0.25) is 0 Å². The number of nitrogens with zero attached hydrogens (tertiary/aromatic N) is 3. The Morgan fingerprint density at radius 2 is 2.06 bits per heavy atom. The van der Waals surface area contributed by atoms with Gasteiger partial charge in [0.25, 0.3) is 5.89 Å². The minimum Gasteiger partial charge on any atom is -0.397 e. The summed E-state index contributed by atoms with van der Waals surface area (Å²) in [5.74, 6) is 1.75. The van der Waals surface area contributed by atoms with Gasteiger partial charge in [-0.1, -0.05) is 18.0 Å². The quantitative estimate of drug-likeness (QED) is 0.856. The van der Waals surface area contributed by atoms with Gasteiger partial charge in [0.2, 0.25) is 0 Å². The smallest absolute Gasteiger partial charge is 0.276 e. The summed E-state index contributed by atoms with van der Waals surface area (Å²) in [5, 5.41) is 4.04. The third-order valence-electron chi connectivity index (χ3n) is 3.17. The van der Waals surface area contributed by atoms with Gasteiger partial charge in [-0.2, -0.15) is 4.98 Å². The zero-order chi connectivity index (χ0) is 11.7. The van der Waals surface area contributed by atoms with Gasteiger partial charge in [0.05, 0.1) is 11.9 Å².